The van der Waals surface area contributed by atoms with E-state index in [0.29, 0.717) is 5.28 Å². The summed E-state index contributed by atoms with van der Waals surface area (Å²) in [6.45, 7) is 0. The van der Waals surface area contributed by atoms with E-state index in [-0.39, 0.29) is 0 Å². The van der Waals surface area contributed by atoms with Gasteiger partial charge in [0.15, 0.2) is 0 Å². The molecule has 0 bridgehead atoms. The molecule has 0 N–H and O–H groups in total. The van der Waals surface area contributed by atoms with E-state index in [2.05, 4.69) is 9.36 Å². The minimum Gasteiger partial charge on any atom is -0.210 e. The van der Waals surface area contributed by atoms with Crippen LogP contribution in [0.5, 0.6) is 0 Å². The highest BCUT2D eigenvalue weighted by atomic mass is 35.5. The number of nitrogens with zero attached hydrogens (tertiary/aromatic N) is 2. The van der Waals surface area contributed by atoms with Crippen molar-refractivity contribution in [2.24, 2.45) is 5.92 Å². The number of aryl methyl sites for hydroxylation is 1. The lowest BCUT2D eigenvalue weighted by atomic mass is 10.0. The number of hydrogen-bond donors (Lipinski definition) is 0. The fraction of sp³-hybridized carbons (Fsp3) is 0.778. The Bertz CT molecular complexity index is 268. The van der Waals surface area contributed by atoms with Crippen LogP contribution in [0.25, 0.3) is 0 Å². The van der Waals surface area contributed by atoms with Gasteiger partial charge in [-0.25, -0.2) is 4.98 Å². The van der Waals surface area contributed by atoms with Crippen LogP contribution in [-0.4, -0.2) is 9.36 Å². The van der Waals surface area contributed by atoms with Crippen LogP contribution in [-0.2, 0) is 6.42 Å². The largest absolute Gasteiger partial charge is 0.234 e. The third-order valence-electron chi connectivity index (χ3n) is 2.68. The molecule has 0 aliphatic heterocycles. The van der Waals surface area contributed by atoms with Crippen LogP contribution < -0.4 is 0 Å². The van der Waals surface area contributed by atoms with E-state index in [1.807, 2.05) is 0 Å². The molecule has 0 spiro atoms. The van der Waals surface area contributed by atoms with Crippen LogP contribution in [0.3, 0.4) is 0 Å². The molecule has 0 radical (unpaired) electrons. The van der Waals surface area contributed by atoms with Gasteiger partial charge in [0.05, 0.1) is 0 Å². The average molecular weight is 217 g/mol. The molecule has 1 aromatic heterocycles. The molecule has 4 heteroatoms. The Morgan fingerprint density at radius 2 is 2.15 bits per heavy atom. The molecule has 0 aromatic carbocycles. The molecule has 2 nitrogen and oxygen atoms in total. The summed E-state index contributed by atoms with van der Waals surface area (Å²) in [7, 11) is 0. The smallest absolute Gasteiger partial charge is 0.210 e. The normalized spacial score (nSPS) is 18.2. The Labute approximate surface area is 87.5 Å². The lowest BCUT2D eigenvalue weighted by Gasteiger charge is -2.05. The molecule has 0 amide bonds. The molecule has 0 saturated heterocycles. The Morgan fingerprint density at radius 3 is 2.77 bits per heavy atom. The molecule has 1 aliphatic rings. The predicted molar refractivity (Wildman–Crippen MR) is 55.2 cm³/mol. The lowest BCUT2D eigenvalue weighted by Crippen LogP contribution is -1.95. The SMILES string of the molecule is Clc1nsc(CCC2CCCC2)n1. The second kappa shape index (κ2) is 4.38. The second-order valence-corrected chi connectivity index (χ2v) is 4.82. The third kappa shape index (κ3) is 2.64. The van der Waals surface area contributed by atoms with Crippen molar-refractivity contribution in [1.29, 1.82) is 0 Å². The van der Waals surface area contributed by atoms with E-state index in [0.717, 1.165) is 17.3 Å². The molecular weight excluding hydrogens is 204 g/mol. The maximum atomic E-state index is 5.64. The van der Waals surface area contributed by atoms with Crippen molar-refractivity contribution in [3.05, 3.63) is 10.3 Å². The summed E-state index contributed by atoms with van der Waals surface area (Å²) in [6.07, 6.45) is 7.99. The molecule has 13 heavy (non-hydrogen) atoms. The molecule has 1 saturated carbocycles. The number of hydrogen-bond acceptors (Lipinski definition) is 3. The van der Waals surface area contributed by atoms with E-state index < -0.39 is 0 Å². The highest BCUT2D eigenvalue weighted by molar-refractivity contribution is 7.05. The van der Waals surface area contributed by atoms with Gasteiger partial charge >= 0.3 is 0 Å². The Kier molecular flexibility index (Phi) is 3.17. The van der Waals surface area contributed by atoms with Crippen molar-refractivity contribution >= 4 is 23.1 Å². The van der Waals surface area contributed by atoms with Crippen molar-refractivity contribution in [3.63, 3.8) is 0 Å². The molecule has 72 valence electrons. The van der Waals surface area contributed by atoms with E-state index in [1.165, 1.54) is 43.6 Å². The zero-order valence-electron chi connectivity index (χ0n) is 7.50. The summed E-state index contributed by atoms with van der Waals surface area (Å²) in [5, 5.41) is 1.50. The quantitative estimate of drug-likeness (QED) is 0.775. The van der Waals surface area contributed by atoms with E-state index in [4.69, 9.17) is 11.6 Å². The van der Waals surface area contributed by atoms with Gasteiger partial charge in [-0.15, -0.1) is 0 Å². The van der Waals surface area contributed by atoms with Gasteiger partial charge in [-0.3, -0.25) is 0 Å². The van der Waals surface area contributed by atoms with Gasteiger partial charge < -0.3 is 0 Å². The van der Waals surface area contributed by atoms with Crippen molar-refractivity contribution < 1.29 is 0 Å². The zero-order chi connectivity index (χ0) is 9.10. The van der Waals surface area contributed by atoms with Crippen molar-refractivity contribution in [2.45, 2.75) is 38.5 Å². The standard InChI is InChI=1S/C9H13ClN2S/c10-9-11-8(13-12-9)6-5-7-3-1-2-4-7/h7H,1-6H2. The first kappa shape index (κ1) is 9.41. The van der Waals surface area contributed by atoms with Crippen LogP contribution >= 0.6 is 23.1 Å². The fourth-order valence-corrected chi connectivity index (χ4v) is 2.78. The van der Waals surface area contributed by atoms with Gasteiger partial charge in [-0.05, 0) is 35.5 Å². The number of aromatic nitrogens is 2. The van der Waals surface area contributed by atoms with Crippen molar-refractivity contribution in [1.82, 2.24) is 9.36 Å². The summed E-state index contributed by atoms with van der Waals surface area (Å²) in [4.78, 5) is 4.14. The summed E-state index contributed by atoms with van der Waals surface area (Å²) < 4.78 is 3.96. The molecule has 1 aliphatic carbocycles. The number of rotatable bonds is 3. The fourth-order valence-electron chi connectivity index (χ4n) is 1.96. The summed E-state index contributed by atoms with van der Waals surface area (Å²) in [5.41, 5.74) is 0. The highest BCUT2D eigenvalue weighted by Gasteiger charge is 2.15. The molecule has 2 rings (SSSR count). The maximum Gasteiger partial charge on any atom is 0.234 e. The summed E-state index contributed by atoms with van der Waals surface area (Å²) >= 11 is 7.08. The third-order valence-corrected chi connectivity index (χ3v) is 3.72. The monoisotopic (exact) mass is 216 g/mol. The predicted octanol–water partition coefficient (Wildman–Crippen LogP) is 3.31. The van der Waals surface area contributed by atoms with E-state index in [9.17, 15) is 0 Å². The average Bonchev–Trinajstić information content (AvgIpc) is 2.71. The van der Waals surface area contributed by atoms with Crippen LogP contribution in [0.15, 0.2) is 0 Å². The van der Waals surface area contributed by atoms with Crippen LogP contribution in [0.4, 0.5) is 0 Å². The topological polar surface area (TPSA) is 25.8 Å². The van der Waals surface area contributed by atoms with Gasteiger partial charge in [0.2, 0.25) is 5.28 Å². The van der Waals surface area contributed by atoms with E-state index in [1.54, 1.807) is 0 Å². The summed E-state index contributed by atoms with van der Waals surface area (Å²) in [6, 6.07) is 0. The first-order valence-electron chi connectivity index (χ1n) is 4.82. The molecule has 1 aromatic rings. The molecule has 0 atom stereocenters. The summed E-state index contributed by atoms with van der Waals surface area (Å²) in [5.74, 6) is 0.933. The van der Waals surface area contributed by atoms with Gasteiger partial charge in [0.25, 0.3) is 0 Å². The second-order valence-electron chi connectivity index (χ2n) is 3.65. The molecule has 0 unspecified atom stereocenters. The minimum absolute atomic E-state index is 0.409. The van der Waals surface area contributed by atoms with Gasteiger partial charge in [0, 0.05) is 6.42 Å². The van der Waals surface area contributed by atoms with Crippen LogP contribution in [0.2, 0.25) is 5.28 Å². The Hall–Kier alpha value is -0.150. The zero-order valence-corrected chi connectivity index (χ0v) is 9.07. The number of halogens is 1. The first-order valence-corrected chi connectivity index (χ1v) is 5.98. The molecular formula is C9H13ClN2S. The van der Waals surface area contributed by atoms with Crippen molar-refractivity contribution in [2.75, 3.05) is 0 Å². The van der Waals surface area contributed by atoms with Gasteiger partial charge in [-0.1, -0.05) is 25.7 Å². The Balaban J connectivity index is 1.78. The Morgan fingerprint density at radius 1 is 1.38 bits per heavy atom. The van der Waals surface area contributed by atoms with Gasteiger partial charge in [-0.2, -0.15) is 4.37 Å². The van der Waals surface area contributed by atoms with Crippen LogP contribution in [0.1, 0.15) is 37.1 Å². The van der Waals surface area contributed by atoms with E-state index >= 15 is 0 Å². The maximum absolute atomic E-state index is 5.64. The van der Waals surface area contributed by atoms with Gasteiger partial charge in [0.1, 0.15) is 5.01 Å². The van der Waals surface area contributed by atoms with Crippen molar-refractivity contribution in [3.8, 4) is 0 Å². The highest BCUT2D eigenvalue weighted by Crippen LogP contribution is 2.28. The lowest BCUT2D eigenvalue weighted by molar-refractivity contribution is 0.503. The minimum atomic E-state index is 0.409. The molecule has 1 heterocycles. The molecule has 1 fully saturated rings. The first-order chi connectivity index (χ1) is 6.34. The van der Waals surface area contributed by atoms with Crippen LogP contribution in [0, 0.1) is 5.92 Å².